The van der Waals surface area contributed by atoms with Crippen molar-refractivity contribution in [1.29, 1.82) is 0 Å². The maximum absolute atomic E-state index is 12.9. The summed E-state index contributed by atoms with van der Waals surface area (Å²) in [5, 5.41) is 12.3. The standard InChI is InChI=1S/C20H18ClN5O3/c1-11-6-7-14(8-12(11)2)22-16(27)10-25-18-17(23-24-25)19(28)26(20(18)29)15-5-3-4-13(21)9-15/h3-9,17-18H,10H2,1-2H3,(H,22,27)/t17-,18+/m1/s1. The predicted octanol–water partition coefficient (Wildman–Crippen LogP) is 2.89. The lowest BCUT2D eigenvalue weighted by atomic mass is 10.1. The quantitative estimate of drug-likeness (QED) is 0.782. The van der Waals surface area contributed by atoms with Crippen LogP contribution in [-0.2, 0) is 14.4 Å². The van der Waals surface area contributed by atoms with Crippen molar-refractivity contribution in [2.75, 3.05) is 16.8 Å². The smallest absolute Gasteiger partial charge is 0.263 e. The molecule has 0 unspecified atom stereocenters. The third-order valence-electron chi connectivity index (χ3n) is 5.02. The summed E-state index contributed by atoms with van der Waals surface area (Å²) >= 11 is 5.98. The second-order valence-electron chi connectivity index (χ2n) is 7.03. The van der Waals surface area contributed by atoms with Gasteiger partial charge in [0, 0.05) is 10.7 Å². The maximum atomic E-state index is 12.9. The highest BCUT2D eigenvalue weighted by Crippen LogP contribution is 2.32. The van der Waals surface area contributed by atoms with Crippen molar-refractivity contribution in [2.24, 2.45) is 10.3 Å². The number of carbonyl (C=O) groups is 3. The molecule has 8 nitrogen and oxygen atoms in total. The molecule has 4 rings (SSSR count). The van der Waals surface area contributed by atoms with E-state index in [1.807, 2.05) is 26.0 Å². The Labute approximate surface area is 172 Å². The van der Waals surface area contributed by atoms with E-state index in [1.54, 1.807) is 24.3 Å². The van der Waals surface area contributed by atoms with Crippen LogP contribution in [0.15, 0.2) is 52.8 Å². The van der Waals surface area contributed by atoms with Crippen LogP contribution in [0.25, 0.3) is 0 Å². The minimum atomic E-state index is -0.962. The van der Waals surface area contributed by atoms with Crippen LogP contribution in [-0.4, -0.2) is 41.4 Å². The van der Waals surface area contributed by atoms with Crippen LogP contribution in [0, 0.1) is 13.8 Å². The Morgan fingerprint density at radius 1 is 1.10 bits per heavy atom. The Balaban J connectivity index is 1.49. The van der Waals surface area contributed by atoms with Gasteiger partial charge in [-0.15, -0.1) is 0 Å². The van der Waals surface area contributed by atoms with Crippen molar-refractivity contribution in [3.63, 3.8) is 0 Å². The molecule has 2 atom stereocenters. The van der Waals surface area contributed by atoms with Gasteiger partial charge in [0.1, 0.15) is 6.54 Å². The van der Waals surface area contributed by atoms with Crippen LogP contribution in [0.3, 0.4) is 0 Å². The van der Waals surface area contributed by atoms with Crippen LogP contribution in [0.2, 0.25) is 5.02 Å². The number of halogens is 1. The van der Waals surface area contributed by atoms with Crippen molar-refractivity contribution >= 4 is 40.7 Å². The van der Waals surface area contributed by atoms with Gasteiger partial charge in [0.25, 0.3) is 11.8 Å². The van der Waals surface area contributed by atoms with E-state index < -0.39 is 23.9 Å². The second kappa shape index (κ2) is 7.29. The number of nitrogens with one attached hydrogen (secondary N) is 1. The third-order valence-corrected chi connectivity index (χ3v) is 5.26. The summed E-state index contributed by atoms with van der Waals surface area (Å²) in [6, 6.07) is 10.2. The van der Waals surface area contributed by atoms with E-state index in [4.69, 9.17) is 11.6 Å². The fraction of sp³-hybridized carbons (Fsp3) is 0.250. The fourth-order valence-corrected chi connectivity index (χ4v) is 3.57. The fourth-order valence-electron chi connectivity index (χ4n) is 3.39. The SMILES string of the molecule is Cc1ccc(NC(=O)CN2N=N[C@H]3C(=O)N(c4cccc(Cl)c4)C(=O)[C@H]32)cc1C. The minimum Gasteiger partial charge on any atom is -0.324 e. The van der Waals surface area contributed by atoms with Crippen molar-refractivity contribution in [3.8, 4) is 0 Å². The van der Waals surface area contributed by atoms with Crippen molar-refractivity contribution in [1.82, 2.24) is 5.01 Å². The highest BCUT2D eigenvalue weighted by atomic mass is 35.5. The number of hydrogen-bond acceptors (Lipinski definition) is 6. The van der Waals surface area contributed by atoms with Gasteiger partial charge in [-0.25, -0.2) is 4.90 Å². The van der Waals surface area contributed by atoms with E-state index in [2.05, 4.69) is 15.7 Å². The number of nitrogens with zero attached hydrogens (tertiary/aromatic N) is 4. The van der Waals surface area contributed by atoms with E-state index in [9.17, 15) is 14.4 Å². The average Bonchev–Trinajstić information content (AvgIpc) is 3.18. The van der Waals surface area contributed by atoms with E-state index >= 15 is 0 Å². The van der Waals surface area contributed by atoms with Crippen molar-refractivity contribution in [3.05, 3.63) is 58.6 Å². The first-order chi connectivity index (χ1) is 13.8. The van der Waals surface area contributed by atoms with Crippen LogP contribution >= 0.6 is 11.6 Å². The number of carbonyl (C=O) groups excluding carboxylic acids is 3. The molecule has 29 heavy (non-hydrogen) atoms. The first kappa shape index (κ1) is 19.1. The Morgan fingerprint density at radius 3 is 2.62 bits per heavy atom. The number of amides is 3. The molecule has 2 aromatic rings. The summed E-state index contributed by atoms with van der Waals surface area (Å²) in [6.07, 6.45) is 0. The zero-order chi connectivity index (χ0) is 20.7. The molecule has 0 aliphatic carbocycles. The molecule has 1 saturated heterocycles. The van der Waals surface area contributed by atoms with Gasteiger partial charge in [-0.05, 0) is 55.3 Å². The van der Waals surface area contributed by atoms with Crippen LogP contribution in [0.5, 0.6) is 0 Å². The van der Waals surface area contributed by atoms with Gasteiger partial charge in [-0.3, -0.25) is 19.4 Å². The van der Waals surface area contributed by atoms with Gasteiger partial charge >= 0.3 is 0 Å². The average molecular weight is 412 g/mol. The number of benzene rings is 2. The molecule has 0 radical (unpaired) electrons. The van der Waals surface area contributed by atoms with Gasteiger partial charge < -0.3 is 5.32 Å². The van der Waals surface area contributed by atoms with Crippen molar-refractivity contribution < 1.29 is 14.4 Å². The zero-order valence-electron chi connectivity index (χ0n) is 15.8. The van der Waals surface area contributed by atoms with Gasteiger partial charge in [-0.2, -0.15) is 5.11 Å². The third kappa shape index (κ3) is 3.47. The van der Waals surface area contributed by atoms with Gasteiger partial charge in [0.2, 0.25) is 5.91 Å². The number of anilines is 2. The van der Waals surface area contributed by atoms with Gasteiger partial charge in [-0.1, -0.05) is 29.0 Å². The molecule has 0 saturated carbocycles. The summed E-state index contributed by atoms with van der Waals surface area (Å²) in [5.41, 5.74) is 3.20. The highest BCUT2D eigenvalue weighted by molar-refractivity contribution is 6.31. The minimum absolute atomic E-state index is 0.194. The summed E-state index contributed by atoms with van der Waals surface area (Å²) in [6.45, 7) is 3.75. The first-order valence-electron chi connectivity index (χ1n) is 9.03. The molecule has 3 amide bonds. The highest BCUT2D eigenvalue weighted by Gasteiger charge is 2.55. The van der Waals surface area contributed by atoms with E-state index in [0.29, 0.717) is 16.4 Å². The summed E-state index contributed by atoms with van der Waals surface area (Å²) in [5.74, 6) is -1.32. The second-order valence-corrected chi connectivity index (χ2v) is 7.47. The summed E-state index contributed by atoms with van der Waals surface area (Å²) in [4.78, 5) is 39.1. The lowest BCUT2D eigenvalue weighted by Gasteiger charge is -2.20. The Kier molecular flexibility index (Phi) is 4.79. The Hall–Kier alpha value is -3.26. The molecule has 9 heteroatoms. The molecule has 0 aromatic heterocycles. The largest absolute Gasteiger partial charge is 0.324 e. The van der Waals surface area contributed by atoms with Crippen LogP contribution in [0.4, 0.5) is 11.4 Å². The molecule has 2 heterocycles. The van der Waals surface area contributed by atoms with E-state index in [1.165, 1.54) is 11.1 Å². The van der Waals surface area contributed by atoms with Gasteiger partial charge in [0.15, 0.2) is 12.1 Å². The molecule has 1 fully saturated rings. The van der Waals surface area contributed by atoms with Crippen LogP contribution < -0.4 is 10.2 Å². The summed E-state index contributed by atoms with van der Waals surface area (Å²) < 4.78 is 0. The molecule has 2 aromatic carbocycles. The van der Waals surface area contributed by atoms with Crippen LogP contribution in [0.1, 0.15) is 11.1 Å². The Morgan fingerprint density at radius 2 is 1.90 bits per heavy atom. The molecule has 2 aliphatic rings. The maximum Gasteiger partial charge on any atom is 0.263 e. The van der Waals surface area contributed by atoms with E-state index in [0.717, 1.165) is 16.0 Å². The van der Waals surface area contributed by atoms with Gasteiger partial charge in [0.05, 0.1) is 5.69 Å². The van der Waals surface area contributed by atoms with Crippen molar-refractivity contribution in [2.45, 2.75) is 25.9 Å². The lowest BCUT2D eigenvalue weighted by molar-refractivity contribution is -0.123. The first-order valence-corrected chi connectivity index (χ1v) is 9.41. The molecule has 0 spiro atoms. The predicted molar refractivity (Wildman–Crippen MR) is 108 cm³/mol. The number of rotatable bonds is 4. The summed E-state index contributed by atoms with van der Waals surface area (Å²) in [7, 11) is 0. The molecule has 2 aliphatic heterocycles. The molecule has 0 bridgehead atoms. The van der Waals surface area contributed by atoms with E-state index in [-0.39, 0.29) is 12.5 Å². The normalized spacial score (nSPS) is 20.4. The molecular weight excluding hydrogens is 394 g/mol. The zero-order valence-corrected chi connectivity index (χ0v) is 16.6. The number of fused-ring (bicyclic) bond motifs is 1. The number of hydrogen-bond donors (Lipinski definition) is 1. The molecule has 1 N–H and O–H groups in total. The topological polar surface area (TPSA) is 94.4 Å². The number of imide groups is 1. The molecule has 148 valence electrons. The molecular formula is C20H18ClN5O3. The Bertz CT molecular complexity index is 1050. The monoisotopic (exact) mass is 411 g/mol. The number of aryl methyl sites for hydroxylation is 2. The lowest BCUT2D eigenvalue weighted by Crippen LogP contribution is -2.43.